The SMILES string of the molecule is CCCCCCCCCCCC/C=C/C(O)C(CO)NC(=O)CCCCCCCCC/C=C\CCCCCCCCCCCCCOC(=O)CCCCCCCCCCCCCCCC. The lowest BCUT2D eigenvalue weighted by atomic mass is 10.0. The Balaban J connectivity index is 3.42. The smallest absolute Gasteiger partial charge is 0.305 e. The van der Waals surface area contributed by atoms with Crippen LogP contribution in [0.15, 0.2) is 24.3 Å². The third-order valence-corrected chi connectivity index (χ3v) is 13.5. The van der Waals surface area contributed by atoms with Gasteiger partial charge in [-0.05, 0) is 57.8 Å². The maximum atomic E-state index is 12.4. The molecule has 6 heteroatoms. The Morgan fingerprint density at radius 3 is 1.09 bits per heavy atom. The lowest BCUT2D eigenvalue weighted by Gasteiger charge is -2.20. The number of hydrogen-bond acceptors (Lipinski definition) is 5. The molecule has 0 aromatic carbocycles. The lowest BCUT2D eigenvalue weighted by molar-refractivity contribution is -0.143. The Labute approximate surface area is 405 Å². The van der Waals surface area contributed by atoms with E-state index in [4.69, 9.17) is 4.74 Å². The molecule has 0 aliphatic carbocycles. The summed E-state index contributed by atoms with van der Waals surface area (Å²) in [5.74, 6) is -0.0635. The molecule has 6 nitrogen and oxygen atoms in total. The molecule has 0 rings (SSSR count). The number of nitrogens with one attached hydrogen (secondary N) is 1. The van der Waals surface area contributed by atoms with Crippen LogP contribution in [0.4, 0.5) is 0 Å². The molecule has 3 N–H and O–H groups in total. The largest absolute Gasteiger partial charge is 0.466 e. The molecule has 0 aliphatic rings. The number of amides is 1. The van der Waals surface area contributed by atoms with Crippen LogP contribution in [0.5, 0.6) is 0 Å². The van der Waals surface area contributed by atoms with Crippen LogP contribution >= 0.6 is 0 Å². The maximum Gasteiger partial charge on any atom is 0.305 e. The number of carbonyl (C=O) groups excluding carboxylic acids is 2. The minimum absolute atomic E-state index is 0.0116. The molecule has 2 unspecified atom stereocenters. The second-order valence-corrected chi connectivity index (χ2v) is 20.0. The molecule has 65 heavy (non-hydrogen) atoms. The van der Waals surface area contributed by atoms with E-state index in [-0.39, 0.29) is 18.5 Å². The molecular weight excluding hydrogens is 803 g/mol. The zero-order valence-corrected chi connectivity index (χ0v) is 43.7. The van der Waals surface area contributed by atoms with E-state index in [1.54, 1.807) is 6.08 Å². The summed E-state index contributed by atoms with van der Waals surface area (Å²) >= 11 is 0. The van der Waals surface area contributed by atoms with E-state index in [1.165, 1.54) is 244 Å². The molecule has 0 saturated carbocycles. The first kappa shape index (κ1) is 63.3. The quantitative estimate of drug-likeness (QED) is 0.0321. The number of unbranched alkanes of at least 4 members (excludes halogenated alkanes) is 41. The Hall–Kier alpha value is -1.66. The van der Waals surface area contributed by atoms with Crippen molar-refractivity contribution < 1.29 is 24.5 Å². The minimum atomic E-state index is -0.847. The minimum Gasteiger partial charge on any atom is -0.466 e. The number of esters is 1. The zero-order chi connectivity index (χ0) is 47.2. The van der Waals surface area contributed by atoms with Crippen LogP contribution in [-0.4, -0.2) is 47.4 Å². The first-order valence-corrected chi connectivity index (χ1v) is 29.1. The van der Waals surface area contributed by atoms with Gasteiger partial charge in [-0.1, -0.05) is 269 Å². The van der Waals surface area contributed by atoms with Crippen molar-refractivity contribution in [3.8, 4) is 0 Å². The van der Waals surface area contributed by atoms with Gasteiger partial charge < -0.3 is 20.3 Å². The van der Waals surface area contributed by atoms with Crippen molar-refractivity contribution in [3.05, 3.63) is 24.3 Å². The van der Waals surface area contributed by atoms with Crippen LogP contribution in [0.2, 0.25) is 0 Å². The highest BCUT2D eigenvalue weighted by atomic mass is 16.5. The summed E-state index contributed by atoms with van der Waals surface area (Å²) in [7, 11) is 0. The fourth-order valence-electron chi connectivity index (χ4n) is 8.98. The molecule has 0 radical (unpaired) electrons. The van der Waals surface area contributed by atoms with Gasteiger partial charge in [-0.15, -0.1) is 0 Å². The molecule has 0 aliphatic heterocycles. The van der Waals surface area contributed by atoms with E-state index in [1.807, 2.05) is 6.08 Å². The molecule has 0 bridgehead atoms. The predicted molar refractivity (Wildman–Crippen MR) is 283 cm³/mol. The fourth-order valence-corrected chi connectivity index (χ4v) is 8.98. The summed E-state index contributed by atoms with van der Waals surface area (Å²) in [6, 6.07) is -0.631. The average molecular weight is 917 g/mol. The van der Waals surface area contributed by atoms with E-state index in [9.17, 15) is 19.8 Å². The van der Waals surface area contributed by atoms with Gasteiger partial charge in [-0.2, -0.15) is 0 Å². The summed E-state index contributed by atoms with van der Waals surface area (Å²) in [5, 5.41) is 23.0. The van der Waals surface area contributed by atoms with Gasteiger partial charge in [0, 0.05) is 12.8 Å². The van der Waals surface area contributed by atoms with Crippen LogP contribution in [0.25, 0.3) is 0 Å². The predicted octanol–water partition coefficient (Wildman–Crippen LogP) is 17.9. The van der Waals surface area contributed by atoms with E-state index >= 15 is 0 Å². The highest BCUT2D eigenvalue weighted by molar-refractivity contribution is 5.76. The Morgan fingerprint density at radius 1 is 0.415 bits per heavy atom. The Bertz CT molecular complexity index is 1010. The van der Waals surface area contributed by atoms with Crippen molar-refractivity contribution in [1.29, 1.82) is 0 Å². The molecule has 0 saturated heterocycles. The molecule has 0 aromatic rings. The highest BCUT2D eigenvalue weighted by Gasteiger charge is 2.18. The molecule has 0 spiro atoms. The fraction of sp³-hybridized carbons (Fsp3) is 0.898. The van der Waals surface area contributed by atoms with Crippen LogP contribution in [0.1, 0.15) is 316 Å². The molecule has 2 atom stereocenters. The topological polar surface area (TPSA) is 95.9 Å². The van der Waals surface area contributed by atoms with Gasteiger partial charge in [0.25, 0.3) is 0 Å². The van der Waals surface area contributed by atoms with Gasteiger partial charge >= 0.3 is 5.97 Å². The summed E-state index contributed by atoms with van der Waals surface area (Å²) < 4.78 is 5.48. The number of carbonyl (C=O) groups is 2. The lowest BCUT2D eigenvalue weighted by Crippen LogP contribution is -2.45. The molecule has 1 amide bonds. The second kappa shape index (κ2) is 54.9. The molecule has 384 valence electrons. The third kappa shape index (κ3) is 51.6. The summed E-state index contributed by atoms with van der Waals surface area (Å²) in [6.07, 6.45) is 66.3. The Kier molecular flexibility index (Phi) is 53.5. The molecule has 0 heterocycles. The van der Waals surface area contributed by atoms with Gasteiger partial charge in [0.1, 0.15) is 0 Å². The van der Waals surface area contributed by atoms with Crippen LogP contribution in [0.3, 0.4) is 0 Å². The van der Waals surface area contributed by atoms with Crippen molar-refractivity contribution in [2.45, 2.75) is 328 Å². The molecular formula is C59H113NO5. The maximum absolute atomic E-state index is 12.4. The van der Waals surface area contributed by atoms with Gasteiger partial charge in [0.2, 0.25) is 5.91 Å². The monoisotopic (exact) mass is 916 g/mol. The number of allylic oxidation sites excluding steroid dienone is 3. The highest BCUT2D eigenvalue weighted by Crippen LogP contribution is 2.17. The van der Waals surface area contributed by atoms with Gasteiger partial charge in [0.15, 0.2) is 0 Å². The molecule has 0 aromatic heterocycles. The van der Waals surface area contributed by atoms with Crippen molar-refractivity contribution in [1.82, 2.24) is 5.32 Å². The summed E-state index contributed by atoms with van der Waals surface area (Å²) in [6.45, 7) is 4.90. The first-order valence-electron chi connectivity index (χ1n) is 29.1. The van der Waals surface area contributed by atoms with Crippen LogP contribution in [0, 0.1) is 0 Å². The third-order valence-electron chi connectivity index (χ3n) is 13.5. The summed E-state index contributed by atoms with van der Waals surface area (Å²) in [5.41, 5.74) is 0. The van der Waals surface area contributed by atoms with E-state index in [2.05, 4.69) is 31.3 Å². The van der Waals surface area contributed by atoms with Crippen molar-refractivity contribution in [2.75, 3.05) is 13.2 Å². The zero-order valence-electron chi connectivity index (χ0n) is 43.7. The van der Waals surface area contributed by atoms with E-state index < -0.39 is 12.1 Å². The number of aliphatic hydroxyl groups is 2. The number of rotatable bonds is 54. The number of hydrogen-bond donors (Lipinski definition) is 3. The average Bonchev–Trinajstić information content (AvgIpc) is 3.31. The van der Waals surface area contributed by atoms with Gasteiger partial charge in [-0.3, -0.25) is 9.59 Å². The van der Waals surface area contributed by atoms with Crippen LogP contribution in [-0.2, 0) is 14.3 Å². The normalized spacial score (nSPS) is 12.7. The second-order valence-electron chi connectivity index (χ2n) is 20.0. The standard InChI is InChI=1S/C59H113NO5/c1-3-5-7-9-11-13-15-17-29-33-37-41-45-49-53-59(64)65-54-50-46-42-38-34-30-27-25-23-21-19-18-20-22-24-26-28-32-36-40-44-48-52-58(63)60-56(55-61)57(62)51-47-43-39-35-31-16-14-12-10-8-6-4-2/h20,22,47,51,56-57,61-62H,3-19,21,23-46,48-50,52-55H2,1-2H3,(H,60,63)/b22-20-,51-47+. The van der Waals surface area contributed by atoms with E-state index in [0.717, 1.165) is 44.9 Å². The van der Waals surface area contributed by atoms with Crippen LogP contribution < -0.4 is 5.32 Å². The number of aliphatic hydroxyl groups excluding tert-OH is 2. The summed E-state index contributed by atoms with van der Waals surface area (Å²) in [4.78, 5) is 24.5. The van der Waals surface area contributed by atoms with Crippen molar-refractivity contribution >= 4 is 11.9 Å². The van der Waals surface area contributed by atoms with Gasteiger partial charge in [0.05, 0.1) is 25.4 Å². The van der Waals surface area contributed by atoms with Crippen molar-refractivity contribution in [2.24, 2.45) is 0 Å². The first-order chi connectivity index (χ1) is 32.0. The molecule has 0 fully saturated rings. The number of ether oxygens (including phenoxy) is 1. The van der Waals surface area contributed by atoms with E-state index in [0.29, 0.717) is 19.4 Å². The van der Waals surface area contributed by atoms with Crippen molar-refractivity contribution in [3.63, 3.8) is 0 Å². The van der Waals surface area contributed by atoms with Gasteiger partial charge in [-0.25, -0.2) is 0 Å². The Morgan fingerprint density at radius 2 is 0.723 bits per heavy atom.